The van der Waals surface area contributed by atoms with Crippen LogP contribution in [0, 0.1) is 5.92 Å². The first-order valence-corrected chi connectivity index (χ1v) is 5.27. The molecule has 1 atom stereocenters. The molecule has 1 fully saturated rings. The van der Waals surface area contributed by atoms with Gasteiger partial charge in [0.05, 0.1) is 10.9 Å². The molecule has 7 heteroatoms. The number of thiocarbonyl (C=S) groups is 1. The van der Waals surface area contributed by atoms with Gasteiger partial charge in [0.25, 0.3) is 0 Å². The zero-order valence-corrected chi connectivity index (χ0v) is 9.67. The van der Waals surface area contributed by atoms with E-state index in [-0.39, 0.29) is 24.0 Å². The lowest BCUT2D eigenvalue weighted by Crippen LogP contribution is -2.55. The molecule has 3 N–H and O–H groups in total. The highest BCUT2D eigenvalue weighted by atomic mass is 32.1. The highest BCUT2D eigenvalue weighted by Gasteiger charge is 2.31. The van der Waals surface area contributed by atoms with Gasteiger partial charge in [0.1, 0.15) is 13.1 Å². The lowest BCUT2D eigenvalue weighted by atomic mass is 10.0. The SMILES string of the molecule is CCC(C(=O)N1CC(=O)NC(=O)C1)C(N)=S. The van der Waals surface area contributed by atoms with Crippen molar-refractivity contribution in [3.05, 3.63) is 0 Å². The molecule has 0 aromatic rings. The minimum absolute atomic E-state index is 0.0888. The van der Waals surface area contributed by atoms with Crippen molar-refractivity contribution in [1.29, 1.82) is 0 Å². The van der Waals surface area contributed by atoms with E-state index in [1.807, 2.05) is 0 Å². The first kappa shape index (κ1) is 12.6. The summed E-state index contributed by atoms with van der Waals surface area (Å²) < 4.78 is 0. The first-order valence-electron chi connectivity index (χ1n) is 4.86. The van der Waals surface area contributed by atoms with E-state index in [1.54, 1.807) is 6.92 Å². The van der Waals surface area contributed by atoms with E-state index in [0.29, 0.717) is 6.42 Å². The number of nitrogens with one attached hydrogen (secondary N) is 1. The zero-order chi connectivity index (χ0) is 12.3. The summed E-state index contributed by atoms with van der Waals surface area (Å²) in [5.74, 6) is -1.93. The molecule has 0 radical (unpaired) electrons. The Balaban J connectivity index is 2.76. The first-order chi connectivity index (χ1) is 7.45. The number of nitrogens with zero attached hydrogens (tertiary/aromatic N) is 1. The number of nitrogens with two attached hydrogens (primary N) is 1. The minimum atomic E-state index is -0.603. The number of hydrogen-bond donors (Lipinski definition) is 2. The number of carbonyl (C=O) groups is 3. The number of carbonyl (C=O) groups excluding carboxylic acids is 3. The molecule has 1 unspecified atom stereocenters. The van der Waals surface area contributed by atoms with Crippen molar-refractivity contribution in [2.45, 2.75) is 13.3 Å². The molecule has 1 heterocycles. The number of piperazine rings is 1. The largest absolute Gasteiger partial charge is 0.393 e. The number of rotatable bonds is 3. The maximum atomic E-state index is 11.9. The van der Waals surface area contributed by atoms with Crippen molar-refractivity contribution >= 4 is 34.9 Å². The van der Waals surface area contributed by atoms with E-state index in [4.69, 9.17) is 18.0 Å². The van der Waals surface area contributed by atoms with E-state index < -0.39 is 17.7 Å². The van der Waals surface area contributed by atoms with Crippen LogP contribution in [0.15, 0.2) is 0 Å². The van der Waals surface area contributed by atoms with E-state index >= 15 is 0 Å². The summed E-state index contributed by atoms with van der Waals surface area (Å²) in [6.07, 6.45) is 0.459. The highest BCUT2D eigenvalue weighted by molar-refractivity contribution is 7.80. The predicted octanol–water partition coefficient (Wildman–Crippen LogP) is -1.22. The van der Waals surface area contributed by atoms with Crippen LogP contribution in [0.4, 0.5) is 0 Å². The van der Waals surface area contributed by atoms with Crippen LogP contribution in [0.2, 0.25) is 0 Å². The molecule has 0 aromatic heterocycles. The third-order valence-electron chi connectivity index (χ3n) is 2.31. The average Bonchev–Trinajstić information content (AvgIpc) is 2.16. The fourth-order valence-corrected chi connectivity index (χ4v) is 1.78. The second-order valence-corrected chi connectivity index (χ2v) is 4.00. The monoisotopic (exact) mass is 243 g/mol. The van der Waals surface area contributed by atoms with Gasteiger partial charge in [-0.15, -0.1) is 0 Å². The van der Waals surface area contributed by atoms with Crippen LogP contribution in [0.1, 0.15) is 13.3 Å². The molecule has 1 aliphatic heterocycles. The van der Waals surface area contributed by atoms with Crippen LogP contribution in [0.3, 0.4) is 0 Å². The Morgan fingerprint density at radius 2 is 2.00 bits per heavy atom. The Kier molecular flexibility index (Phi) is 3.94. The van der Waals surface area contributed by atoms with Crippen molar-refractivity contribution in [1.82, 2.24) is 10.2 Å². The Labute approximate surface area is 98.1 Å². The van der Waals surface area contributed by atoms with Crippen molar-refractivity contribution in [3.63, 3.8) is 0 Å². The van der Waals surface area contributed by atoms with Gasteiger partial charge in [-0.2, -0.15) is 0 Å². The Morgan fingerprint density at radius 1 is 1.50 bits per heavy atom. The topological polar surface area (TPSA) is 92.5 Å². The zero-order valence-electron chi connectivity index (χ0n) is 8.86. The smallest absolute Gasteiger partial charge is 0.246 e. The van der Waals surface area contributed by atoms with Crippen molar-refractivity contribution in [2.75, 3.05) is 13.1 Å². The summed E-state index contributed by atoms with van der Waals surface area (Å²) in [6, 6.07) is 0. The summed E-state index contributed by atoms with van der Waals surface area (Å²) >= 11 is 4.77. The number of amides is 3. The summed E-state index contributed by atoms with van der Waals surface area (Å²) in [5, 5.41) is 2.11. The van der Waals surface area contributed by atoms with Gasteiger partial charge in [0.2, 0.25) is 17.7 Å². The van der Waals surface area contributed by atoms with Crippen LogP contribution in [-0.4, -0.2) is 40.7 Å². The van der Waals surface area contributed by atoms with Gasteiger partial charge < -0.3 is 10.6 Å². The quantitative estimate of drug-likeness (QED) is 0.479. The second-order valence-electron chi connectivity index (χ2n) is 3.53. The molecular formula is C9H13N3O3S. The third-order valence-corrected chi connectivity index (χ3v) is 2.59. The summed E-state index contributed by atoms with van der Waals surface area (Å²) in [5.41, 5.74) is 5.42. The van der Waals surface area contributed by atoms with E-state index in [9.17, 15) is 14.4 Å². The van der Waals surface area contributed by atoms with Crippen LogP contribution in [0.25, 0.3) is 0 Å². The molecule has 16 heavy (non-hydrogen) atoms. The third kappa shape index (κ3) is 2.75. The van der Waals surface area contributed by atoms with Crippen LogP contribution in [-0.2, 0) is 14.4 Å². The van der Waals surface area contributed by atoms with Gasteiger partial charge >= 0.3 is 0 Å². The molecule has 0 aliphatic carbocycles. The van der Waals surface area contributed by atoms with E-state index in [0.717, 1.165) is 0 Å². The minimum Gasteiger partial charge on any atom is -0.393 e. The number of imide groups is 1. The standard InChI is InChI=1S/C9H13N3O3S/c1-2-5(8(10)16)9(15)12-3-6(13)11-7(14)4-12/h5H,2-4H2,1H3,(H2,10,16)(H,11,13,14). The summed E-state index contributed by atoms with van der Waals surface area (Å²) in [7, 11) is 0. The average molecular weight is 243 g/mol. The maximum absolute atomic E-state index is 11.9. The van der Waals surface area contributed by atoms with Crippen LogP contribution < -0.4 is 11.1 Å². The Morgan fingerprint density at radius 3 is 2.38 bits per heavy atom. The molecule has 0 spiro atoms. The van der Waals surface area contributed by atoms with Gasteiger partial charge in [-0.3, -0.25) is 19.7 Å². The molecule has 6 nitrogen and oxygen atoms in total. The lowest BCUT2D eigenvalue weighted by Gasteiger charge is -2.28. The highest BCUT2D eigenvalue weighted by Crippen LogP contribution is 2.09. The van der Waals surface area contributed by atoms with Crippen molar-refractivity contribution < 1.29 is 14.4 Å². The molecule has 0 bridgehead atoms. The lowest BCUT2D eigenvalue weighted by molar-refractivity contribution is -0.146. The molecule has 3 amide bonds. The van der Waals surface area contributed by atoms with Gasteiger partial charge in [-0.1, -0.05) is 19.1 Å². The van der Waals surface area contributed by atoms with Crippen LogP contribution in [0.5, 0.6) is 0 Å². The van der Waals surface area contributed by atoms with Gasteiger partial charge in [0.15, 0.2) is 0 Å². The maximum Gasteiger partial charge on any atom is 0.246 e. The van der Waals surface area contributed by atoms with Gasteiger partial charge in [-0.25, -0.2) is 0 Å². The fraction of sp³-hybridized carbons (Fsp3) is 0.556. The molecular weight excluding hydrogens is 230 g/mol. The van der Waals surface area contributed by atoms with Crippen LogP contribution >= 0.6 is 12.2 Å². The molecule has 1 rings (SSSR count). The predicted molar refractivity (Wildman–Crippen MR) is 60.3 cm³/mol. The van der Waals surface area contributed by atoms with Crippen molar-refractivity contribution in [3.8, 4) is 0 Å². The molecule has 1 aliphatic rings. The van der Waals surface area contributed by atoms with Gasteiger partial charge in [0, 0.05) is 0 Å². The molecule has 0 aromatic carbocycles. The molecule has 1 saturated heterocycles. The molecule has 88 valence electrons. The summed E-state index contributed by atoms with van der Waals surface area (Å²) in [6.45, 7) is 1.53. The van der Waals surface area contributed by atoms with E-state index in [2.05, 4.69) is 5.32 Å². The number of hydrogen-bond acceptors (Lipinski definition) is 4. The fourth-order valence-electron chi connectivity index (χ4n) is 1.51. The molecule has 0 saturated carbocycles. The van der Waals surface area contributed by atoms with Crippen molar-refractivity contribution in [2.24, 2.45) is 11.7 Å². The van der Waals surface area contributed by atoms with E-state index in [1.165, 1.54) is 4.90 Å². The second kappa shape index (κ2) is 5.02. The Bertz CT molecular complexity index is 340. The Hall–Kier alpha value is -1.50. The normalized spacial score (nSPS) is 17.9. The van der Waals surface area contributed by atoms with Gasteiger partial charge in [-0.05, 0) is 6.42 Å². The summed E-state index contributed by atoms with van der Waals surface area (Å²) in [4.78, 5) is 35.3.